The number of rotatable bonds is 5. The van der Waals surface area contributed by atoms with Gasteiger partial charge in [0.25, 0.3) is 11.6 Å². The van der Waals surface area contributed by atoms with E-state index in [1.807, 2.05) is 0 Å². The molecule has 0 aliphatic heterocycles. The third kappa shape index (κ3) is 4.45. The molecule has 0 aliphatic carbocycles. The maximum absolute atomic E-state index is 11.8. The lowest BCUT2D eigenvalue weighted by Gasteiger charge is -2.07. The molecule has 0 aromatic heterocycles. The van der Waals surface area contributed by atoms with Crippen LogP contribution in [0, 0.1) is 10.1 Å². The fraction of sp³-hybridized carbons (Fsp3) is 0.300. The van der Waals surface area contributed by atoms with Gasteiger partial charge in [-0.05, 0) is 0 Å². The van der Waals surface area contributed by atoms with Gasteiger partial charge < -0.3 is 5.32 Å². The predicted octanol–water partition coefficient (Wildman–Crippen LogP) is 2.01. The van der Waals surface area contributed by atoms with Gasteiger partial charge in [-0.15, -0.1) is 0 Å². The van der Waals surface area contributed by atoms with Crippen LogP contribution in [0.4, 0.5) is 5.69 Å². The van der Waals surface area contributed by atoms with Crippen LogP contribution >= 0.6 is 23.2 Å². The first-order chi connectivity index (χ1) is 8.82. The summed E-state index contributed by atoms with van der Waals surface area (Å²) in [4.78, 5) is 21.8. The second-order valence-corrected chi connectivity index (χ2v) is 5.92. The molecule has 1 aromatic carbocycles. The van der Waals surface area contributed by atoms with Gasteiger partial charge in [-0.2, -0.15) is 0 Å². The number of halogens is 2. The monoisotopic (exact) mass is 324 g/mol. The zero-order chi connectivity index (χ0) is 14.6. The zero-order valence-electron chi connectivity index (χ0n) is 9.81. The molecule has 1 atom stereocenters. The highest BCUT2D eigenvalue weighted by atomic mass is 35.5. The average molecular weight is 325 g/mol. The normalized spacial score (nSPS) is 11.9. The van der Waals surface area contributed by atoms with Gasteiger partial charge >= 0.3 is 0 Å². The topological polar surface area (TPSA) is 89.3 Å². The highest BCUT2D eigenvalue weighted by molar-refractivity contribution is 7.84. The highest BCUT2D eigenvalue weighted by Gasteiger charge is 2.19. The van der Waals surface area contributed by atoms with Crippen molar-refractivity contribution in [3.05, 3.63) is 37.9 Å². The van der Waals surface area contributed by atoms with Crippen molar-refractivity contribution in [2.45, 2.75) is 0 Å². The minimum atomic E-state index is -1.04. The summed E-state index contributed by atoms with van der Waals surface area (Å²) in [5.74, 6) is -0.313. The maximum atomic E-state index is 11.8. The minimum absolute atomic E-state index is 0.0533. The second kappa shape index (κ2) is 6.83. The van der Waals surface area contributed by atoms with Crippen LogP contribution in [-0.4, -0.2) is 33.6 Å². The van der Waals surface area contributed by atoms with E-state index in [0.29, 0.717) is 0 Å². The molecule has 0 fully saturated rings. The molecular formula is C10H10Cl2N2O4S. The van der Waals surface area contributed by atoms with Crippen LogP contribution in [0.3, 0.4) is 0 Å². The van der Waals surface area contributed by atoms with Crippen LogP contribution in [-0.2, 0) is 10.8 Å². The highest BCUT2D eigenvalue weighted by Crippen LogP contribution is 2.30. The van der Waals surface area contributed by atoms with Crippen LogP contribution in [0.25, 0.3) is 0 Å². The van der Waals surface area contributed by atoms with E-state index < -0.39 is 21.6 Å². The first-order valence-electron chi connectivity index (χ1n) is 5.04. The van der Waals surface area contributed by atoms with Crippen LogP contribution in [0.15, 0.2) is 12.1 Å². The van der Waals surface area contributed by atoms with Crippen LogP contribution < -0.4 is 5.32 Å². The number of nitro groups is 1. The Morgan fingerprint density at radius 1 is 1.47 bits per heavy atom. The van der Waals surface area contributed by atoms with E-state index >= 15 is 0 Å². The fourth-order valence-electron chi connectivity index (χ4n) is 1.25. The Bertz CT molecular complexity index is 551. The van der Waals surface area contributed by atoms with Crippen molar-refractivity contribution in [1.29, 1.82) is 0 Å². The van der Waals surface area contributed by atoms with Crippen molar-refractivity contribution in [2.75, 3.05) is 18.6 Å². The third-order valence-electron chi connectivity index (χ3n) is 2.14. The van der Waals surface area contributed by atoms with Crippen molar-refractivity contribution in [2.24, 2.45) is 0 Å². The molecule has 0 bridgehead atoms. The Morgan fingerprint density at radius 3 is 2.63 bits per heavy atom. The molecule has 6 nitrogen and oxygen atoms in total. The molecule has 0 saturated carbocycles. The van der Waals surface area contributed by atoms with E-state index in [0.717, 1.165) is 12.1 Å². The minimum Gasteiger partial charge on any atom is -0.351 e. The van der Waals surface area contributed by atoms with E-state index in [9.17, 15) is 19.1 Å². The Balaban J connectivity index is 2.95. The van der Waals surface area contributed by atoms with Gasteiger partial charge in [-0.1, -0.05) is 23.2 Å². The number of amides is 1. The molecular weight excluding hydrogens is 315 g/mol. The third-order valence-corrected chi connectivity index (χ3v) is 3.72. The van der Waals surface area contributed by atoms with Gasteiger partial charge in [0.2, 0.25) is 0 Å². The Kier molecular flexibility index (Phi) is 5.71. The molecule has 0 aliphatic rings. The first kappa shape index (κ1) is 15.9. The lowest BCUT2D eigenvalue weighted by molar-refractivity contribution is -0.384. The smallest absolute Gasteiger partial charge is 0.271 e. The van der Waals surface area contributed by atoms with Gasteiger partial charge in [-0.3, -0.25) is 19.1 Å². The maximum Gasteiger partial charge on any atom is 0.271 e. The van der Waals surface area contributed by atoms with Crippen molar-refractivity contribution < 1.29 is 13.9 Å². The first-order valence-corrected chi connectivity index (χ1v) is 7.53. The summed E-state index contributed by atoms with van der Waals surface area (Å²) in [6.45, 7) is 0.179. The summed E-state index contributed by atoms with van der Waals surface area (Å²) in [5, 5.41) is 13.0. The van der Waals surface area contributed by atoms with Crippen LogP contribution in [0.1, 0.15) is 10.4 Å². The molecule has 19 heavy (non-hydrogen) atoms. The number of carbonyl (C=O) groups excluding carboxylic acids is 1. The molecule has 1 N–H and O–H groups in total. The molecule has 0 heterocycles. The second-order valence-electron chi connectivity index (χ2n) is 3.58. The van der Waals surface area contributed by atoms with Gasteiger partial charge in [-0.25, -0.2) is 0 Å². The number of carbonyl (C=O) groups is 1. The molecule has 0 spiro atoms. The summed E-state index contributed by atoms with van der Waals surface area (Å²) in [7, 11) is -1.04. The molecule has 104 valence electrons. The summed E-state index contributed by atoms with van der Waals surface area (Å²) in [6, 6.07) is 2.12. The molecule has 0 radical (unpaired) electrons. The largest absolute Gasteiger partial charge is 0.351 e. The number of nitrogens with one attached hydrogen (secondary N) is 1. The van der Waals surface area contributed by atoms with Crippen LogP contribution in [0.2, 0.25) is 10.0 Å². The number of nitrogens with zero attached hydrogens (tertiary/aromatic N) is 1. The molecule has 0 saturated heterocycles. The number of hydrogen-bond acceptors (Lipinski definition) is 4. The number of hydrogen-bond donors (Lipinski definition) is 1. The Labute approximate surface area is 121 Å². The van der Waals surface area contributed by atoms with Crippen molar-refractivity contribution in [3.63, 3.8) is 0 Å². The van der Waals surface area contributed by atoms with Gasteiger partial charge in [0.05, 0.1) is 20.5 Å². The van der Waals surface area contributed by atoms with Gasteiger partial charge in [0.15, 0.2) is 0 Å². The summed E-state index contributed by atoms with van der Waals surface area (Å²) in [6.07, 6.45) is 1.50. The summed E-state index contributed by atoms with van der Waals surface area (Å²) in [5.41, 5.74) is -0.402. The molecule has 1 aromatic rings. The zero-order valence-corrected chi connectivity index (χ0v) is 12.1. The molecule has 1 unspecified atom stereocenters. The van der Waals surface area contributed by atoms with E-state index in [1.165, 1.54) is 6.26 Å². The Hall–Kier alpha value is -1.18. The predicted molar refractivity (Wildman–Crippen MR) is 74.4 cm³/mol. The lowest BCUT2D eigenvalue weighted by atomic mass is 10.2. The van der Waals surface area contributed by atoms with Crippen LogP contribution in [0.5, 0.6) is 0 Å². The molecule has 9 heteroatoms. The fourth-order valence-corrected chi connectivity index (χ4v) is 2.05. The number of benzene rings is 1. The summed E-state index contributed by atoms with van der Waals surface area (Å²) < 4.78 is 10.8. The van der Waals surface area contributed by atoms with E-state index in [4.69, 9.17) is 23.2 Å². The van der Waals surface area contributed by atoms with Crippen molar-refractivity contribution in [1.82, 2.24) is 5.32 Å². The SMILES string of the molecule is CS(=O)CCNC(=O)c1cc([N+](=O)[O-])cc(Cl)c1Cl. The standard InChI is InChI=1S/C10H10Cl2N2O4S/c1-19(18)3-2-13-10(15)7-4-6(14(16)17)5-8(11)9(7)12/h4-5H,2-3H2,1H3,(H,13,15). The quantitative estimate of drug-likeness (QED) is 0.662. The van der Waals surface area contributed by atoms with Gasteiger partial charge in [0.1, 0.15) is 0 Å². The van der Waals surface area contributed by atoms with E-state index in [2.05, 4.69) is 5.32 Å². The van der Waals surface area contributed by atoms with E-state index in [1.54, 1.807) is 0 Å². The van der Waals surface area contributed by atoms with E-state index in [-0.39, 0.29) is 33.6 Å². The molecule has 1 amide bonds. The lowest BCUT2D eigenvalue weighted by Crippen LogP contribution is -2.27. The number of nitro benzene ring substituents is 1. The number of non-ortho nitro benzene ring substituents is 1. The van der Waals surface area contributed by atoms with Crippen molar-refractivity contribution >= 4 is 45.6 Å². The average Bonchev–Trinajstić information content (AvgIpc) is 2.31. The Morgan fingerprint density at radius 2 is 2.11 bits per heavy atom. The molecule has 1 rings (SSSR count). The summed E-state index contributed by atoms with van der Waals surface area (Å²) >= 11 is 11.6. The van der Waals surface area contributed by atoms with Gasteiger partial charge in [0, 0.05) is 41.5 Å². The van der Waals surface area contributed by atoms with Crippen molar-refractivity contribution in [3.8, 4) is 0 Å².